The van der Waals surface area contributed by atoms with Gasteiger partial charge in [0.05, 0.1) is 11.4 Å². The lowest BCUT2D eigenvalue weighted by Crippen LogP contribution is -2.29. The molecule has 0 amide bonds. The minimum absolute atomic E-state index is 0.408. The highest BCUT2D eigenvalue weighted by molar-refractivity contribution is 9.09. The Morgan fingerprint density at radius 1 is 1.54 bits per heavy atom. The summed E-state index contributed by atoms with van der Waals surface area (Å²) in [6.45, 7) is 6.89. The molecule has 2 rings (SSSR count). The van der Waals surface area contributed by atoms with Gasteiger partial charge in [-0.05, 0) is 13.0 Å². The lowest BCUT2D eigenvalue weighted by molar-refractivity contribution is 0.950. The molecule has 0 fully saturated rings. The number of alkyl halides is 1. The summed E-state index contributed by atoms with van der Waals surface area (Å²) in [5, 5.41) is 1.22. The summed E-state index contributed by atoms with van der Waals surface area (Å²) in [6, 6.07) is 2.12. The van der Waals surface area contributed by atoms with Crippen molar-refractivity contribution in [2.24, 2.45) is 4.99 Å². The molecule has 1 N–H and O–H groups in total. The summed E-state index contributed by atoms with van der Waals surface area (Å²) in [5.41, 5.74) is 2.20. The van der Waals surface area contributed by atoms with E-state index in [0.29, 0.717) is 4.83 Å². The van der Waals surface area contributed by atoms with Crippen molar-refractivity contribution >= 4 is 22.0 Å². The maximum Gasteiger partial charge on any atom is 0.132 e. The van der Waals surface area contributed by atoms with Crippen LogP contribution in [0.1, 0.15) is 19.5 Å². The number of fused-ring (bicyclic) bond motifs is 1. The fourth-order valence-corrected chi connectivity index (χ4v) is 1.71. The van der Waals surface area contributed by atoms with Crippen LogP contribution in [0, 0.1) is 6.92 Å². The summed E-state index contributed by atoms with van der Waals surface area (Å²) in [4.78, 5) is 7.97. The number of hydrogen-bond acceptors (Lipinski definition) is 1. The van der Waals surface area contributed by atoms with Crippen LogP contribution in [0.5, 0.6) is 0 Å². The smallest absolute Gasteiger partial charge is 0.132 e. The minimum Gasteiger partial charge on any atom is -0.344 e. The highest BCUT2D eigenvalue weighted by Crippen LogP contribution is 2.02. The van der Waals surface area contributed by atoms with Crippen LogP contribution in [0.15, 0.2) is 11.1 Å². The Morgan fingerprint density at radius 2 is 2.23 bits per heavy atom. The number of aryl methyl sites for hydroxylation is 1. The van der Waals surface area contributed by atoms with Crippen molar-refractivity contribution in [2.75, 3.05) is 6.54 Å². The van der Waals surface area contributed by atoms with Crippen LogP contribution in [0.25, 0.3) is 6.08 Å². The predicted molar refractivity (Wildman–Crippen MR) is 59.7 cm³/mol. The third-order valence-electron chi connectivity index (χ3n) is 1.75. The maximum atomic E-state index is 4.36. The number of H-pyrrole nitrogens is 1. The van der Waals surface area contributed by atoms with Crippen LogP contribution in [-0.4, -0.2) is 16.4 Å². The first-order valence-corrected chi connectivity index (χ1v) is 5.53. The molecule has 0 saturated carbocycles. The van der Waals surface area contributed by atoms with E-state index < -0.39 is 0 Å². The first-order chi connectivity index (χ1) is 6.25. The monoisotopic (exact) mass is 242 g/mol. The molecule has 13 heavy (non-hydrogen) atoms. The van der Waals surface area contributed by atoms with E-state index in [1.54, 1.807) is 0 Å². The molecule has 1 aromatic heterocycles. The number of nitrogens with zero attached hydrogens (tertiary/aromatic N) is 1. The molecule has 0 radical (unpaired) electrons. The highest BCUT2D eigenvalue weighted by Gasteiger charge is 2.04. The first-order valence-electron chi connectivity index (χ1n) is 4.62. The quantitative estimate of drug-likeness (QED) is 0.669. The van der Waals surface area contributed by atoms with Gasteiger partial charge >= 0.3 is 0 Å². The summed E-state index contributed by atoms with van der Waals surface area (Å²) in [6.07, 6.45) is 2.19. The topological polar surface area (TPSA) is 28.1 Å². The highest BCUT2D eigenvalue weighted by atomic mass is 79.9. The van der Waals surface area contributed by atoms with E-state index in [1.165, 1.54) is 10.9 Å². The summed E-state index contributed by atoms with van der Waals surface area (Å²) in [7, 11) is 0. The zero-order chi connectivity index (χ0) is 9.84. The Kier molecular flexibility index (Phi) is 3.72. The Morgan fingerprint density at radius 3 is 2.92 bits per heavy atom. The minimum atomic E-state index is 0.408. The molecule has 0 saturated heterocycles. The number of aromatic nitrogens is 1. The molecule has 2 heterocycles. The molecule has 72 valence electrons. The van der Waals surface area contributed by atoms with Gasteiger partial charge < -0.3 is 4.98 Å². The second kappa shape index (κ2) is 4.61. The van der Waals surface area contributed by atoms with Crippen molar-refractivity contribution < 1.29 is 0 Å². The third-order valence-corrected chi connectivity index (χ3v) is 2.30. The molecule has 0 aromatic carbocycles. The SMILES string of the molecule is CC.Cc1cc2c([nH]1)=NCC(Br)C=2. The van der Waals surface area contributed by atoms with Crippen molar-refractivity contribution in [3.05, 3.63) is 22.5 Å². The molecule has 0 bridgehead atoms. The zero-order valence-electron chi connectivity index (χ0n) is 8.26. The second-order valence-electron chi connectivity index (χ2n) is 2.78. The molecule has 1 aromatic rings. The van der Waals surface area contributed by atoms with Crippen LogP contribution < -0.4 is 10.7 Å². The molecule has 2 nitrogen and oxygen atoms in total. The lowest BCUT2D eigenvalue weighted by atomic mass is 10.3. The summed E-state index contributed by atoms with van der Waals surface area (Å²) in [5.74, 6) is 0. The number of halogens is 1. The van der Waals surface area contributed by atoms with Crippen LogP contribution in [0.4, 0.5) is 0 Å². The van der Waals surface area contributed by atoms with Gasteiger partial charge in [0, 0.05) is 10.9 Å². The van der Waals surface area contributed by atoms with E-state index >= 15 is 0 Å². The van der Waals surface area contributed by atoms with E-state index in [1.807, 2.05) is 20.8 Å². The molecule has 1 unspecified atom stereocenters. The fraction of sp³-hybridized carbons (Fsp3) is 0.500. The summed E-state index contributed by atoms with van der Waals surface area (Å²) >= 11 is 3.50. The molecule has 0 aliphatic carbocycles. The zero-order valence-corrected chi connectivity index (χ0v) is 9.85. The molecular weight excluding hydrogens is 228 g/mol. The maximum absolute atomic E-state index is 4.36. The van der Waals surface area contributed by atoms with Crippen molar-refractivity contribution in [2.45, 2.75) is 25.6 Å². The Hall–Kier alpha value is -0.570. The standard InChI is InChI=1S/C8H9BrN2.C2H6/c1-5-2-6-3-7(9)4-10-8(6)11-5;1-2/h2-3,7H,4H2,1H3,(H,10,11);1-2H3. The van der Waals surface area contributed by atoms with Gasteiger partial charge in [0.2, 0.25) is 0 Å². The molecule has 1 aliphatic heterocycles. The molecular formula is C10H15BrN2. The molecule has 1 atom stereocenters. The van der Waals surface area contributed by atoms with Gasteiger partial charge in [0.15, 0.2) is 0 Å². The van der Waals surface area contributed by atoms with Gasteiger partial charge in [-0.2, -0.15) is 0 Å². The molecule has 0 spiro atoms. The molecule has 1 aliphatic rings. The van der Waals surface area contributed by atoms with Crippen molar-refractivity contribution in [1.82, 2.24) is 4.98 Å². The lowest BCUT2D eigenvalue weighted by Gasteiger charge is -2.01. The van der Waals surface area contributed by atoms with E-state index in [0.717, 1.165) is 12.0 Å². The van der Waals surface area contributed by atoms with Crippen LogP contribution in [-0.2, 0) is 0 Å². The number of rotatable bonds is 0. The van der Waals surface area contributed by atoms with Crippen LogP contribution in [0.2, 0.25) is 0 Å². The van der Waals surface area contributed by atoms with Gasteiger partial charge in [-0.15, -0.1) is 0 Å². The number of aromatic amines is 1. The van der Waals surface area contributed by atoms with Gasteiger partial charge in [0.1, 0.15) is 5.49 Å². The first kappa shape index (κ1) is 10.5. The van der Waals surface area contributed by atoms with Gasteiger partial charge in [-0.25, -0.2) is 0 Å². The van der Waals surface area contributed by atoms with Gasteiger partial charge in [-0.3, -0.25) is 4.99 Å². The Labute approximate surface area is 86.9 Å². The second-order valence-corrected chi connectivity index (χ2v) is 3.96. The van der Waals surface area contributed by atoms with E-state index in [2.05, 4.69) is 38.0 Å². The van der Waals surface area contributed by atoms with Crippen LogP contribution >= 0.6 is 15.9 Å². The predicted octanol–water partition coefficient (Wildman–Crippen LogP) is 1.53. The van der Waals surface area contributed by atoms with Gasteiger partial charge in [-0.1, -0.05) is 35.9 Å². The number of hydrogen-bond donors (Lipinski definition) is 1. The van der Waals surface area contributed by atoms with Crippen molar-refractivity contribution in [1.29, 1.82) is 0 Å². The van der Waals surface area contributed by atoms with Crippen molar-refractivity contribution in [3.63, 3.8) is 0 Å². The fourth-order valence-electron chi connectivity index (χ4n) is 1.28. The average molecular weight is 243 g/mol. The molecule has 3 heteroatoms. The third kappa shape index (κ3) is 2.44. The van der Waals surface area contributed by atoms with E-state index in [9.17, 15) is 0 Å². The van der Waals surface area contributed by atoms with E-state index in [-0.39, 0.29) is 0 Å². The Balaban J connectivity index is 0.000000396. The summed E-state index contributed by atoms with van der Waals surface area (Å²) < 4.78 is 0. The van der Waals surface area contributed by atoms with Crippen LogP contribution in [0.3, 0.4) is 0 Å². The number of nitrogens with one attached hydrogen (secondary N) is 1. The normalized spacial score (nSPS) is 18.9. The average Bonchev–Trinajstić information content (AvgIpc) is 2.48. The van der Waals surface area contributed by atoms with E-state index in [4.69, 9.17) is 0 Å². The Bertz CT molecular complexity index is 378. The van der Waals surface area contributed by atoms with Gasteiger partial charge in [0.25, 0.3) is 0 Å². The largest absolute Gasteiger partial charge is 0.344 e. The van der Waals surface area contributed by atoms with Crippen molar-refractivity contribution in [3.8, 4) is 0 Å².